The van der Waals surface area contributed by atoms with Gasteiger partial charge in [-0.3, -0.25) is 0 Å². The maximum Gasteiger partial charge on any atom is 0.407 e. The third-order valence-electron chi connectivity index (χ3n) is 3.00. The van der Waals surface area contributed by atoms with Crippen LogP contribution in [0.15, 0.2) is 23.8 Å². The SMILES string of the molecule is O=C(O)N1CCC(=Cc2ccc(F)cc2F)CC1. The van der Waals surface area contributed by atoms with Gasteiger partial charge in [-0.15, -0.1) is 0 Å². The molecule has 5 heteroatoms. The summed E-state index contributed by atoms with van der Waals surface area (Å²) in [5.41, 5.74) is 1.33. The first-order valence-electron chi connectivity index (χ1n) is 5.68. The molecule has 1 N–H and O–H groups in total. The maximum atomic E-state index is 13.4. The molecule has 0 atom stereocenters. The highest BCUT2D eigenvalue weighted by molar-refractivity contribution is 5.65. The summed E-state index contributed by atoms with van der Waals surface area (Å²) in [5.74, 6) is -1.20. The molecule has 0 saturated carbocycles. The Morgan fingerprint density at radius 1 is 1.28 bits per heavy atom. The Bertz CT molecular complexity index is 490. The topological polar surface area (TPSA) is 40.5 Å². The van der Waals surface area contributed by atoms with Crippen LogP contribution in [0, 0.1) is 11.6 Å². The average Bonchev–Trinajstić information content (AvgIpc) is 2.33. The Kier molecular flexibility index (Phi) is 3.60. The van der Waals surface area contributed by atoms with Crippen LogP contribution in [0.1, 0.15) is 18.4 Å². The standard InChI is InChI=1S/C13H13F2NO2/c14-11-2-1-10(12(15)8-11)7-9-3-5-16(6-4-9)13(17)18/h1-2,7-8H,3-6H2,(H,17,18). The molecule has 0 bridgehead atoms. The van der Waals surface area contributed by atoms with Crippen molar-refractivity contribution >= 4 is 12.2 Å². The van der Waals surface area contributed by atoms with E-state index in [1.54, 1.807) is 6.08 Å². The normalized spacial score (nSPS) is 15.7. The summed E-state index contributed by atoms with van der Waals surface area (Å²) in [6, 6.07) is 3.45. The summed E-state index contributed by atoms with van der Waals surface area (Å²) in [7, 11) is 0. The number of hydrogen-bond acceptors (Lipinski definition) is 1. The second kappa shape index (κ2) is 5.16. The Morgan fingerprint density at radius 2 is 1.94 bits per heavy atom. The van der Waals surface area contributed by atoms with Gasteiger partial charge in [0, 0.05) is 24.7 Å². The summed E-state index contributed by atoms with van der Waals surface area (Å²) in [5, 5.41) is 8.79. The molecule has 1 fully saturated rings. The van der Waals surface area contributed by atoms with Crippen LogP contribution in [0.25, 0.3) is 6.08 Å². The zero-order valence-corrected chi connectivity index (χ0v) is 9.70. The second-order valence-corrected chi connectivity index (χ2v) is 4.24. The Labute approximate surface area is 103 Å². The first-order chi connectivity index (χ1) is 8.56. The molecule has 0 aliphatic carbocycles. The Morgan fingerprint density at radius 3 is 2.50 bits per heavy atom. The van der Waals surface area contributed by atoms with Crippen LogP contribution in [-0.2, 0) is 0 Å². The van der Waals surface area contributed by atoms with E-state index in [0.29, 0.717) is 31.5 Å². The third kappa shape index (κ3) is 2.85. The lowest BCUT2D eigenvalue weighted by Gasteiger charge is -2.25. The quantitative estimate of drug-likeness (QED) is 0.835. The highest BCUT2D eigenvalue weighted by Gasteiger charge is 2.17. The van der Waals surface area contributed by atoms with Gasteiger partial charge in [-0.05, 0) is 25.0 Å². The molecule has 1 aliphatic heterocycles. The van der Waals surface area contributed by atoms with Gasteiger partial charge in [0.05, 0.1) is 0 Å². The molecule has 96 valence electrons. The number of piperidine rings is 1. The van der Waals surface area contributed by atoms with Crippen LogP contribution in [0.3, 0.4) is 0 Å². The minimum absolute atomic E-state index is 0.343. The van der Waals surface area contributed by atoms with Crippen molar-refractivity contribution in [1.82, 2.24) is 4.90 Å². The zero-order chi connectivity index (χ0) is 13.1. The number of rotatable bonds is 1. The van der Waals surface area contributed by atoms with Crippen LogP contribution in [-0.4, -0.2) is 29.2 Å². The fourth-order valence-electron chi connectivity index (χ4n) is 1.97. The summed E-state index contributed by atoms with van der Waals surface area (Å²) >= 11 is 0. The third-order valence-corrected chi connectivity index (χ3v) is 3.00. The van der Waals surface area contributed by atoms with Crippen molar-refractivity contribution in [2.24, 2.45) is 0 Å². The fraction of sp³-hybridized carbons (Fsp3) is 0.308. The number of carbonyl (C=O) groups is 1. The van der Waals surface area contributed by atoms with Crippen molar-refractivity contribution in [3.05, 3.63) is 41.0 Å². The summed E-state index contributed by atoms with van der Waals surface area (Å²) in [6.07, 6.45) is 1.92. The molecule has 18 heavy (non-hydrogen) atoms. The minimum atomic E-state index is -0.929. The lowest BCUT2D eigenvalue weighted by Crippen LogP contribution is -2.35. The first kappa shape index (κ1) is 12.5. The molecule has 3 nitrogen and oxygen atoms in total. The van der Waals surface area contributed by atoms with E-state index in [-0.39, 0.29) is 0 Å². The maximum absolute atomic E-state index is 13.4. The van der Waals surface area contributed by atoms with E-state index >= 15 is 0 Å². The van der Waals surface area contributed by atoms with E-state index in [1.165, 1.54) is 17.0 Å². The molecule has 1 amide bonds. The largest absolute Gasteiger partial charge is 0.465 e. The predicted octanol–water partition coefficient (Wildman–Crippen LogP) is 3.12. The van der Waals surface area contributed by atoms with Crippen molar-refractivity contribution in [3.63, 3.8) is 0 Å². The van der Waals surface area contributed by atoms with Gasteiger partial charge in [-0.2, -0.15) is 0 Å². The monoisotopic (exact) mass is 253 g/mol. The van der Waals surface area contributed by atoms with Crippen molar-refractivity contribution in [2.75, 3.05) is 13.1 Å². The summed E-state index contributed by atoms with van der Waals surface area (Å²) < 4.78 is 26.2. The van der Waals surface area contributed by atoms with Gasteiger partial charge in [-0.1, -0.05) is 11.6 Å². The lowest BCUT2D eigenvalue weighted by atomic mass is 10.0. The number of benzene rings is 1. The second-order valence-electron chi connectivity index (χ2n) is 4.24. The molecular formula is C13H13F2NO2. The summed E-state index contributed by atoms with van der Waals surface area (Å²) in [4.78, 5) is 12.0. The van der Waals surface area contributed by atoms with E-state index in [1.807, 2.05) is 0 Å². The molecule has 0 aromatic heterocycles. The number of carboxylic acid groups (broad SMARTS) is 1. The average molecular weight is 253 g/mol. The van der Waals surface area contributed by atoms with E-state index < -0.39 is 17.7 Å². The van der Waals surface area contributed by atoms with Gasteiger partial charge < -0.3 is 10.0 Å². The fourth-order valence-corrected chi connectivity index (χ4v) is 1.97. The van der Waals surface area contributed by atoms with E-state index in [2.05, 4.69) is 0 Å². The highest BCUT2D eigenvalue weighted by atomic mass is 19.1. The lowest BCUT2D eigenvalue weighted by molar-refractivity contribution is 0.142. The molecule has 1 heterocycles. The van der Waals surface area contributed by atoms with Crippen LogP contribution in [0.2, 0.25) is 0 Å². The van der Waals surface area contributed by atoms with Crippen LogP contribution < -0.4 is 0 Å². The van der Waals surface area contributed by atoms with Crippen molar-refractivity contribution in [2.45, 2.75) is 12.8 Å². The smallest absolute Gasteiger partial charge is 0.407 e. The van der Waals surface area contributed by atoms with Crippen molar-refractivity contribution in [3.8, 4) is 0 Å². The highest BCUT2D eigenvalue weighted by Crippen LogP contribution is 2.21. The Hall–Kier alpha value is -1.91. The summed E-state index contributed by atoms with van der Waals surface area (Å²) in [6.45, 7) is 0.841. The number of hydrogen-bond donors (Lipinski definition) is 1. The first-order valence-corrected chi connectivity index (χ1v) is 5.68. The molecule has 2 rings (SSSR count). The van der Waals surface area contributed by atoms with Gasteiger partial charge in [0.1, 0.15) is 11.6 Å². The molecular weight excluding hydrogens is 240 g/mol. The molecule has 1 aliphatic rings. The Balaban J connectivity index is 2.09. The minimum Gasteiger partial charge on any atom is -0.465 e. The molecule has 1 aromatic rings. The molecule has 1 aromatic carbocycles. The van der Waals surface area contributed by atoms with Crippen LogP contribution in [0.4, 0.5) is 13.6 Å². The van der Waals surface area contributed by atoms with Gasteiger partial charge in [-0.25, -0.2) is 13.6 Å². The van der Waals surface area contributed by atoms with Crippen molar-refractivity contribution < 1.29 is 18.7 Å². The predicted molar refractivity (Wildman–Crippen MR) is 63.2 cm³/mol. The van der Waals surface area contributed by atoms with Crippen LogP contribution in [0.5, 0.6) is 0 Å². The van der Waals surface area contributed by atoms with Gasteiger partial charge in [0.15, 0.2) is 0 Å². The number of likely N-dealkylation sites (tertiary alicyclic amines) is 1. The van der Waals surface area contributed by atoms with E-state index in [0.717, 1.165) is 11.6 Å². The van der Waals surface area contributed by atoms with Gasteiger partial charge in [0.2, 0.25) is 0 Å². The van der Waals surface area contributed by atoms with Crippen molar-refractivity contribution in [1.29, 1.82) is 0 Å². The molecule has 0 unspecified atom stereocenters. The number of halogens is 2. The van der Waals surface area contributed by atoms with Gasteiger partial charge >= 0.3 is 6.09 Å². The number of amides is 1. The molecule has 0 spiro atoms. The van der Waals surface area contributed by atoms with E-state index in [4.69, 9.17) is 5.11 Å². The molecule has 1 saturated heterocycles. The zero-order valence-electron chi connectivity index (χ0n) is 9.70. The van der Waals surface area contributed by atoms with E-state index in [9.17, 15) is 13.6 Å². The van der Waals surface area contributed by atoms with Gasteiger partial charge in [0.25, 0.3) is 0 Å². The molecule has 0 radical (unpaired) electrons. The number of nitrogens with zero attached hydrogens (tertiary/aromatic N) is 1. The van der Waals surface area contributed by atoms with Crippen LogP contribution >= 0.6 is 0 Å².